The Balaban J connectivity index is 2.34. The van der Waals surface area contributed by atoms with Crippen LogP contribution < -0.4 is 0 Å². The predicted octanol–water partition coefficient (Wildman–Crippen LogP) is 1.99. The molecule has 3 N–H and O–H groups in total. The Hall–Kier alpha value is -1.91. The normalized spacial score (nSPS) is 12.7. The van der Waals surface area contributed by atoms with E-state index < -0.39 is 26.2 Å². The molecule has 2 aromatic rings. The molecular formula is C19H24O7S2. The first-order valence-corrected chi connectivity index (χ1v) is 12.0. The molecule has 0 saturated heterocycles. The van der Waals surface area contributed by atoms with Gasteiger partial charge in [-0.05, 0) is 43.3 Å². The second-order valence-electron chi connectivity index (χ2n) is 6.27. The molecule has 0 aliphatic heterocycles. The number of phenols is 1. The average Bonchev–Trinajstić information content (AvgIpc) is 2.62. The van der Waals surface area contributed by atoms with Crippen molar-refractivity contribution >= 4 is 26.2 Å². The highest BCUT2D eigenvalue weighted by Gasteiger charge is 2.34. The fourth-order valence-corrected chi connectivity index (χ4v) is 7.42. The highest BCUT2D eigenvalue weighted by atomic mass is 32.3. The van der Waals surface area contributed by atoms with Crippen LogP contribution in [0.25, 0.3) is 0 Å². The molecule has 0 atom stereocenters. The lowest BCUT2D eigenvalue weighted by atomic mass is 10.1. The van der Waals surface area contributed by atoms with Crippen molar-refractivity contribution < 1.29 is 32.2 Å². The van der Waals surface area contributed by atoms with Crippen LogP contribution in [0.5, 0.6) is 5.75 Å². The third-order valence-corrected chi connectivity index (χ3v) is 9.42. The minimum Gasteiger partial charge on any atom is -0.508 e. The number of benzene rings is 2. The van der Waals surface area contributed by atoms with E-state index in [-0.39, 0.29) is 46.7 Å². The number of ketones is 1. The van der Waals surface area contributed by atoms with Gasteiger partial charge in [-0.3, -0.25) is 4.79 Å². The lowest BCUT2D eigenvalue weighted by Gasteiger charge is -2.36. The van der Waals surface area contributed by atoms with Gasteiger partial charge in [0.1, 0.15) is 5.75 Å². The van der Waals surface area contributed by atoms with E-state index >= 15 is 0 Å². The third kappa shape index (κ3) is 5.79. The van der Waals surface area contributed by atoms with Gasteiger partial charge in [-0.1, -0.05) is 17.7 Å². The Morgan fingerprint density at radius 1 is 0.929 bits per heavy atom. The van der Waals surface area contributed by atoms with Gasteiger partial charge in [-0.15, -0.1) is 10.3 Å². The van der Waals surface area contributed by atoms with Gasteiger partial charge in [-0.2, -0.15) is 8.42 Å². The standard InChI is InChI=1S/C19H24O7S2/c1-15-2-8-18(9-3-15)28(24,25)26-27(12-10-20,13-11-21)14-19(23)16-4-6-17(22)7-5-16/h2-9,20-22H,10-14H2,1H3. The van der Waals surface area contributed by atoms with E-state index in [1.165, 1.54) is 36.4 Å². The maximum absolute atomic E-state index is 12.8. The molecule has 7 nitrogen and oxygen atoms in total. The Morgan fingerprint density at radius 2 is 1.46 bits per heavy atom. The van der Waals surface area contributed by atoms with Gasteiger partial charge in [0.25, 0.3) is 0 Å². The highest BCUT2D eigenvalue weighted by Crippen LogP contribution is 2.51. The van der Waals surface area contributed by atoms with E-state index in [1.54, 1.807) is 12.1 Å². The van der Waals surface area contributed by atoms with E-state index in [4.69, 9.17) is 3.63 Å². The SMILES string of the molecule is Cc1ccc(S(=O)(=O)OS(CCO)(CCO)CC(=O)c2ccc(O)cc2)cc1. The summed E-state index contributed by atoms with van der Waals surface area (Å²) < 4.78 is 31.0. The topological polar surface area (TPSA) is 121 Å². The summed E-state index contributed by atoms with van der Waals surface area (Å²) in [7, 11) is -6.86. The van der Waals surface area contributed by atoms with Gasteiger partial charge < -0.3 is 15.3 Å². The number of Topliss-reactive ketones (excluding diaryl/α,β-unsaturated/α-hetero) is 1. The zero-order valence-corrected chi connectivity index (χ0v) is 17.1. The maximum Gasteiger partial charge on any atom is 0.306 e. The van der Waals surface area contributed by atoms with Crippen molar-refractivity contribution in [2.24, 2.45) is 0 Å². The van der Waals surface area contributed by atoms with Crippen molar-refractivity contribution in [2.75, 3.05) is 30.5 Å². The summed E-state index contributed by atoms with van der Waals surface area (Å²) in [6, 6.07) is 11.6. The number of hydrogen-bond acceptors (Lipinski definition) is 7. The molecule has 2 rings (SSSR count). The Kier molecular flexibility index (Phi) is 7.62. The van der Waals surface area contributed by atoms with Crippen LogP contribution in [0.4, 0.5) is 0 Å². The van der Waals surface area contributed by atoms with Gasteiger partial charge >= 0.3 is 10.1 Å². The highest BCUT2D eigenvalue weighted by molar-refractivity contribution is 8.33. The van der Waals surface area contributed by atoms with Crippen molar-refractivity contribution in [3.63, 3.8) is 0 Å². The molecule has 0 fully saturated rings. The van der Waals surface area contributed by atoms with Crippen molar-refractivity contribution in [2.45, 2.75) is 11.8 Å². The molecule has 0 heterocycles. The quantitative estimate of drug-likeness (QED) is 0.495. The molecule has 0 unspecified atom stereocenters. The molecule has 0 spiro atoms. The van der Waals surface area contributed by atoms with Crippen LogP contribution in [0, 0.1) is 6.92 Å². The number of carbonyl (C=O) groups is 1. The summed E-state index contributed by atoms with van der Waals surface area (Å²) in [6.07, 6.45) is 0. The summed E-state index contributed by atoms with van der Waals surface area (Å²) in [4.78, 5) is 12.6. The van der Waals surface area contributed by atoms with E-state index in [0.29, 0.717) is 0 Å². The smallest absolute Gasteiger partial charge is 0.306 e. The van der Waals surface area contributed by atoms with Crippen LogP contribution in [0.1, 0.15) is 15.9 Å². The monoisotopic (exact) mass is 428 g/mol. The van der Waals surface area contributed by atoms with E-state index in [2.05, 4.69) is 0 Å². The minimum atomic E-state index is -4.19. The third-order valence-electron chi connectivity index (χ3n) is 4.05. The van der Waals surface area contributed by atoms with Crippen molar-refractivity contribution in [1.82, 2.24) is 0 Å². The molecule has 0 aliphatic rings. The molecule has 0 saturated carbocycles. The molecule has 0 aliphatic carbocycles. The lowest BCUT2D eigenvalue weighted by molar-refractivity contribution is 0.102. The summed E-state index contributed by atoms with van der Waals surface area (Å²) in [5.74, 6) is -0.801. The first kappa shape index (κ1) is 22.4. The minimum absolute atomic E-state index is 0.000856. The Labute approximate surface area is 166 Å². The molecule has 28 heavy (non-hydrogen) atoms. The van der Waals surface area contributed by atoms with Crippen LogP contribution in [0.3, 0.4) is 0 Å². The summed E-state index contributed by atoms with van der Waals surface area (Å²) in [6.45, 7) is 1.05. The van der Waals surface area contributed by atoms with E-state index in [9.17, 15) is 28.5 Å². The zero-order valence-electron chi connectivity index (χ0n) is 15.4. The van der Waals surface area contributed by atoms with Gasteiger partial charge in [0.05, 0.1) is 23.9 Å². The number of aliphatic hydroxyl groups is 2. The first-order chi connectivity index (χ1) is 13.2. The number of phenolic OH excluding ortho intramolecular Hbond substituents is 1. The van der Waals surface area contributed by atoms with Crippen LogP contribution in [-0.4, -0.2) is 60.0 Å². The van der Waals surface area contributed by atoms with E-state index in [1.807, 2.05) is 6.92 Å². The number of carbonyl (C=O) groups excluding carboxylic acids is 1. The molecule has 154 valence electrons. The fraction of sp³-hybridized carbons (Fsp3) is 0.316. The van der Waals surface area contributed by atoms with Crippen molar-refractivity contribution in [3.8, 4) is 5.75 Å². The van der Waals surface area contributed by atoms with Crippen molar-refractivity contribution in [1.29, 1.82) is 0 Å². The van der Waals surface area contributed by atoms with Gasteiger partial charge in [0.15, 0.2) is 5.78 Å². The van der Waals surface area contributed by atoms with Crippen molar-refractivity contribution in [3.05, 3.63) is 59.7 Å². The van der Waals surface area contributed by atoms with Crippen LogP contribution >= 0.6 is 10.3 Å². The second kappa shape index (κ2) is 9.53. The number of hydrogen-bond donors (Lipinski definition) is 3. The Bertz CT molecular complexity index is 885. The van der Waals surface area contributed by atoms with Gasteiger partial charge in [0, 0.05) is 17.1 Å². The molecular weight excluding hydrogens is 404 g/mol. The van der Waals surface area contributed by atoms with Crippen LogP contribution in [-0.2, 0) is 13.7 Å². The molecule has 0 aromatic heterocycles. The summed E-state index contributed by atoms with van der Waals surface area (Å²) in [5, 5.41) is 28.3. The number of rotatable bonds is 10. The number of aryl methyl sites for hydroxylation is 1. The fourth-order valence-electron chi connectivity index (χ4n) is 2.58. The lowest BCUT2D eigenvalue weighted by Crippen LogP contribution is -2.27. The molecule has 0 bridgehead atoms. The van der Waals surface area contributed by atoms with E-state index in [0.717, 1.165) is 5.56 Å². The van der Waals surface area contributed by atoms with Crippen LogP contribution in [0.2, 0.25) is 0 Å². The van der Waals surface area contributed by atoms with Gasteiger partial charge in [0.2, 0.25) is 0 Å². The Morgan fingerprint density at radius 3 is 1.96 bits per heavy atom. The molecule has 2 aromatic carbocycles. The second-order valence-corrected chi connectivity index (χ2v) is 11.2. The molecule has 0 amide bonds. The number of aromatic hydroxyl groups is 1. The zero-order chi connectivity index (χ0) is 20.8. The van der Waals surface area contributed by atoms with Crippen LogP contribution in [0.15, 0.2) is 53.4 Å². The first-order valence-electron chi connectivity index (χ1n) is 8.54. The summed E-state index contributed by atoms with van der Waals surface area (Å²) in [5.41, 5.74) is 1.16. The maximum atomic E-state index is 12.8. The molecule has 9 heteroatoms. The summed E-state index contributed by atoms with van der Waals surface area (Å²) >= 11 is 0. The largest absolute Gasteiger partial charge is 0.508 e. The number of aliphatic hydroxyl groups excluding tert-OH is 2. The average molecular weight is 429 g/mol. The van der Waals surface area contributed by atoms with Gasteiger partial charge in [-0.25, -0.2) is 3.63 Å². The molecule has 0 radical (unpaired) electrons. The predicted molar refractivity (Wildman–Crippen MR) is 108 cm³/mol.